The molecule has 0 radical (unpaired) electrons. The number of piperidine rings is 1. The molecular formula is C40H50ClN5O5. The summed E-state index contributed by atoms with van der Waals surface area (Å²) in [6, 6.07) is 25.2. The average molecular weight is 716 g/mol. The van der Waals surface area contributed by atoms with Crippen molar-refractivity contribution >= 4 is 35.7 Å². The van der Waals surface area contributed by atoms with Crippen molar-refractivity contribution in [2.24, 2.45) is 22.1 Å². The van der Waals surface area contributed by atoms with Crippen LogP contribution in [0.4, 0.5) is 9.59 Å². The summed E-state index contributed by atoms with van der Waals surface area (Å²) >= 11 is 6.05. The van der Waals surface area contributed by atoms with Gasteiger partial charge in [-0.3, -0.25) is 15.4 Å². The highest BCUT2D eigenvalue weighted by Crippen LogP contribution is 2.50. The first kappa shape index (κ1) is 37.8. The number of carbonyl (C=O) groups excluding carboxylic acids is 3. The van der Waals surface area contributed by atoms with Crippen molar-refractivity contribution in [2.45, 2.75) is 90.0 Å². The molecule has 11 heteroatoms. The Morgan fingerprint density at radius 2 is 1.35 bits per heavy atom. The minimum Gasteiger partial charge on any atom is -0.444 e. The van der Waals surface area contributed by atoms with Gasteiger partial charge in [0.25, 0.3) is 0 Å². The standard InChI is InChI=1S/C40H50ClN5O5/c1-2-35(43-37(44-38(48)50-27-30-12-6-3-7-13-30)45-39(49)51-28-31-14-8-4-9-15-31)40(32-16-10-5-11-17-32)22-24-46(25-23-40)36(47)34(42)26-29-18-20-33(41)21-19-29/h3-4,6-9,12-15,18-21,32,34-35H,2,5,10-11,16-17,22-28,42H2,1H3,(H2,43,44,45,48,49). The first-order valence-electron chi connectivity index (χ1n) is 18.1. The van der Waals surface area contributed by atoms with Gasteiger partial charge in [-0.05, 0) is 78.7 Å². The molecule has 1 aliphatic carbocycles. The number of guanidine groups is 1. The van der Waals surface area contributed by atoms with Crippen LogP contribution in [0.15, 0.2) is 89.9 Å². The summed E-state index contributed by atoms with van der Waals surface area (Å²) in [5.41, 5.74) is 8.83. The van der Waals surface area contributed by atoms with E-state index in [1.54, 1.807) is 0 Å². The van der Waals surface area contributed by atoms with Gasteiger partial charge in [0.1, 0.15) is 13.2 Å². The van der Waals surface area contributed by atoms with E-state index in [4.69, 9.17) is 31.8 Å². The molecule has 3 aromatic rings. The highest BCUT2D eigenvalue weighted by molar-refractivity contribution is 6.30. The summed E-state index contributed by atoms with van der Waals surface area (Å²) < 4.78 is 11.0. The molecule has 1 saturated carbocycles. The predicted octanol–water partition coefficient (Wildman–Crippen LogP) is 7.39. The van der Waals surface area contributed by atoms with E-state index < -0.39 is 18.2 Å². The Bertz CT molecular complexity index is 1530. The Labute approximate surface area is 306 Å². The van der Waals surface area contributed by atoms with Gasteiger partial charge in [-0.2, -0.15) is 0 Å². The van der Waals surface area contributed by atoms with Gasteiger partial charge in [-0.15, -0.1) is 0 Å². The summed E-state index contributed by atoms with van der Waals surface area (Å²) in [6.45, 7) is 3.32. The normalized spacial score (nSPS) is 17.0. The zero-order chi connectivity index (χ0) is 36.1. The first-order valence-corrected chi connectivity index (χ1v) is 18.5. The van der Waals surface area contributed by atoms with Gasteiger partial charge in [0.2, 0.25) is 11.9 Å². The molecule has 3 amide bonds. The fourth-order valence-electron chi connectivity index (χ4n) is 7.62. The molecule has 5 rings (SSSR count). The van der Waals surface area contributed by atoms with Gasteiger partial charge in [0, 0.05) is 18.1 Å². The smallest absolute Gasteiger partial charge is 0.414 e. The number of nitrogens with zero attached hydrogens (tertiary/aromatic N) is 2. The van der Waals surface area contributed by atoms with Gasteiger partial charge in [0.15, 0.2) is 0 Å². The van der Waals surface area contributed by atoms with Crippen molar-refractivity contribution < 1.29 is 23.9 Å². The minimum atomic E-state index is -0.738. The van der Waals surface area contributed by atoms with Crippen LogP contribution in [0.3, 0.4) is 0 Å². The number of amides is 3. The van der Waals surface area contributed by atoms with Crippen molar-refractivity contribution in [3.63, 3.8) is 0 Å². The summed E-state index contributed by atoms with van der Waals surface area (Å²) in [5.74, 6) is 0.304. The van der Waals surface area contributed by atoms with Crippen molar-refractivity contribution in [3.05, 3.63) is 107 Å². The molecule has 0 bridgehead atoms. The Morgan fingerprint density at radius 3 is 1.86 bits per heavy atom. The van der Waals surface area contributed by atoms with Crippen LogP contribution in [0.25, 0.3) is 0 Å². The van der Waals surface area contributed by atoms with Crippen LogP contribution in [-0.2, 0) is 33.9 Å². The number of alkyl carbamates (subject to hydrolysis) is 2. The van der Waals surface area contributed by atoms with Crippen molar-refractivity contribution in [1.29, 1.82) is 0 Å². The number of hydrogen-bond acceptors (Lipinski definition) is 7. The van der Waals surface area contributed by atoms with Crippen LogP contribution in [0, 0.1) is 11.3 Å². The van der Waals surface area contributed by atoms with Crippen LogP contribution in [0.2, 0.25) is 5.02 Å². The zero-order valence-corrected chi connectivity index (χ0v) is 30.2. The van der Waals surface area contributed by atoms with Gasteiger partial charge in [0.05, 0.1) is 12.1 Å². The molecule has 0 aromatic heterocycles. The van der Waals surface area contributed by atoms with E-state index in [9.17, 15) is 14.4 Å². The lowest BCUT2D eigenvalue weighted by atomic mass is 9.59. The van der Waals surface area contributed by atoms with E-state index in [2.05, 4.69) is 17.6 Å². The zero-order valence-electron chi connectivity index (χ0n) is 29.4. The van der Waals surface area contributed by atoms with Crippen molar-refractivity contribution in [1.82, 2.24) is 15.5 Å². The number of hydrogen-bond donors (Lipinski definition) is 3. The van der Waals surface area contributed by atoms with E-state index in [-0.39, 0.29) is 36.5 Å². The molecule has 2 aliphatic rings. The van der Waals surface area contributed by atoms with Crippen LogP contribution in [0.1, 0.15) is 75.0 Å². The maximum Gasteiger partial charge on any atom is 0.414 e. The third-order valence-electron chi connectivity index (χ3n) is 10.3. The molecule has 1 heterocycles. The van der Waals surface area contributed by atoms with E-state index in [1.807, 2.05) is 89.8 Å². The predicted molar refractivity (Wildman–Crippen MR) is 199 cm³/mol. The highest BCUT2D eigenvalue weighted by atomic mass is 35.5. The molecular weight excluding hydrogens is 666 g/mol. The number of rotatable bonds is 11. The lowest BCUT2D eigenvalue weighted by Crippen LogP contribution is -2.55. The maximum absolute atomic E-state index is 13.6. The van der Waals surface area contributed by atoms with E-state index in [0.717, 1.165) is 55.2 Å². The van der Waals surface area contributed by atoms with Crippen LogP contribution < -0.4 is 16.4 Å². The van der Waals surface area contributed by atoms with Gasteiger partial charge in [-0.1, -0.05) is 111 Å². The molecule has 4 N–H and O–H groups in total. The second kappa shape index (κ2) is 18.7. The largest absolute Gasteiger partial charge is 0.444 e. The van der Waals surface area contributed by atoms with Crippen molar-refractivity contribution in [3.8, 4) is 0 Å². The van der Waals surface area contributed by atoms with Crippen molar-refractivity contribution in [2.75, 3.05) is 13.1 Å². The Morgan fingerprint density at radius 1 is 0.824 bits per heavy atom. The molecule has 1 aliphatic heterocycles. The van der Waals surface area contributed by atoms with Gasteiger partial charge < -0.3 is 20.1 Å². The Kier molecular flexibility index (Phi) is 13.9. The second-order valence-corrected chi connectivity index (χ2v) is 14.0. The number of nitrogens with one attached hydrogen (secondary N) is 2. The fraction of sp³-hybridized carbons (Fsp3) is 0.450. The van der Waals surface area contributed by atoms with Gasteiger partial charge in [-0.25, -0.2) is 14.6 Å². The number of carbonyl (C=O) groups is 3. The lowest BCUT2D eigenvalue weighted by molar-refractivity contribution is -0.136. The number of aliphatic imine (C=N–C) groups is 1. The molecule has 2 fully saturated rings. The number of benzene rings is 3. The molecule has 10 nitrogen and oxygen atoms in total. The molecule has 2 atom stereocenters. The number of nitrogens with two attached hydrogens (primary N) is 1. The summed E-state index contributed by atoms with van der Waals surface area (Å²) in [6.07, 6.45) is 6.74. The van der Waals surface area contributed by atoms with E-state index in [0.29, 0.717) is 36.9 Å². The fourth-order valence-corrected chi connectivity index (χ4v) is 7.75. The number of likely N-dealkylation sites (tertiary alicyclic amines) is 1. The van der Waals surface area contributed by atoms with Crippen LogP contribution in [0.5, 0.6) is 0 Å². The topological polar surface area (TPSA) is 135 Å². The third kappa shape index (κ3) is 10.8. The highest BCUT2D eigenvalue weighted by Gasteiger charge is 2.48. The third-order valence-corrected chi connectivity index (χ3v) is 10.6. The van der Waals surface area contributed by atoms with Gasteiger partial charge >= 0.3 is 12.2 Å². The molecule has 2 unspecified atom stereocenters. The monoisotopic (exact) mass is 715 g/mol. The first-order chi connectivity index (χ1) is 24.8. The van der Waals surface area contributed by atoms with E-state index >= 15 is 0 Å². The number of halogens is 1. The molecule has 272 valence electrons. The lowest BCUT2D eigenvalue weighted by Gasteiger charge is -2.51. The number of ether oxygens (including phenoxy) is 2. The van der Waals surface area contributed by atoms with E-state index in [1.165, 1.54) is 6.42 Å². The van der Waals surface area contributed by atoms with Crippen LogP contribution >= 0.6 is 11.6 Å². The summed E-state index contributed by atoms with van der Waals surface area (Å²) in [5, 5.41) is 6.04. The quantitative estimate of drug-likeness (QED) is 0.140. The maximum atomic E-state index is 13.6. The molecule has 1 saturated heterocycles. The van der Waals surface area contributed by atoms with Crippen LogP contribution in [-0.4, -0.2) is 54.1 Å². The molecule has 0 spiro atoms. The molecule has 3 aromatic carbocycles. The summed E-state index contributed by atoms with van der Waals surface area (Å²) in [7, 11) is 0. The Balaban J connectivity index is 1.33. The summed E-state index contributed by atoms with van der Waals surface area (Å²) in [4.78, 5) is 46.7. The molecule has 51 heavy (non-hydrogen) atoms. The average Bonchev–Trinajstić information content (AvgIpc) is 3.17. The Hall–Kier alpha value is -4.41. The SMILES string of the molecule is CCC(N=C(NC(=O)OCc1ccccc1)NC(=O)OCc1ccccc1)C1(C2CCCCC2)CCN(C(=O)C(N)Cc2ccc(Cl)cc2)CC1. The minimum absolute atomic E-state index is 0.0170. The second-order valence-electron chi connectivity index (χ2n) is 13.6.